The van der Waals surface area contributed by atoms with Gasteiger partial charge in [0.1, 0.15) is 5.60 Å². The molecule has 0 aliphatic heterocycles. The van der Waals surface area contributed by atoms with Crippen molar-refractivity contribution in [2.45, 2.75) is 85.7 Å². The fourth-order valence-corrected chi connectivity index (χ4v) is 3.15. The minimum atomic E-state index is -0.531. The molecule has 0 bridgehead atoms. The lowest BCUT2D eigenvalue weighted by molar-refractivity contribution is -0.155. The summed E-state index contributed by atoms with van der Waals surface area (Å²) in [4.78, 5) is 12.3. The van der Waals surface area contributed by atoms with Gasteiger partial charge in [-0.1, -0.05) is 45.2 Å². The second kappa shape index (κ2) is 14.0. The Labute approximate surface area is 189 Å². The van der Waals surface area contributed by atoms with Crippen LogP contribution in [-0.4, -0.2) is 30.5 Å². The van der Waals surface area contributed by atoms with Crippen molar-refractivity contribution in [1.29, 1.82) is 5.41 Å². The molecule has 0 amide bonds. The van der Waals surface area contributed by atoms with Gasteiger partial charge in [0.2, 0.25) is 0 Å². The topological polar surface area (TPSA) is 59.4 Å². The van der Waals surface area contributed by atoms with E-state index in [1.165, 1.54) is 5.56 Å². The normalized spacial score (nSPS) is 12.2. The maximum Gasteiger partial charge on any atom is 0.307 e. The van der Waals surface area contributed by atoms with Crippen LogP contribution in [0.25, 0.3) is 0 Å². The molecule has 0 saturated carbocycles. The number of esters is 1. The Morgan fingerprint density at radius 2 is 1.74 bits per heavy atom. The molecule has 0 aliphatic rings. The molecule has 4 heteroatoms. The summed E-state index contributed by atoms with van der Waals surface area (Å²) in [5.74, 6) is 6.14. The molecule has 4 nitrogen and oxygen atoms in total. The standard InChI is InChI=1S/C27H41NO3/c1-7-8-17-30-18-9-10-24(20-26(29)31-27(4,5)6)25(28)16-15-22-11-13-23(14-12-22)19-21(2)3/h11-14,21,24,28H,7-10,17-20H2,1-6H3. The zero-order chi connectivity index (χ0) is 23.3. The van der Waals surface area contributed by atoms with Crippen LogP contribution in [-0.2, 0) is 20.7 Å². The van der Waals surface area contributed by atoms with Crippen molar-refractivity contribution in [2.24, 2.45) is 11.8 Å². The quantitative estimate of drug-likeness (QED) is 0.187. The van der Waals surface area contributed by atoms with Crippen molar-refractivity contribution in [1.82, 2.24) is 0 Å². The van der Waals surface area contributed by atoms with Crippen LogP contribution in [0.1, 0.15) is 84.8 Å². The number of carbonyl (C=O) groups is 1. The molecule has 0 aromatic heterocycles. The fourth-order valence-electron chi connectivity index (χ4n) is 3.15. The Morgan fingerprint density at radius 3 is 2.32 bits per heavy atom. The first kappa shape index (κ1) is 26.9. The third kappa shape index (κ3) is 13.0. The molecule has 1 rings (SSSR count). The van der Waals surface area contributed by atoms with Gasteiger partial charge in [0, 0.05) is 24.7 Å². The van der Waals surface area contributed by atoms with Gasteiger partial charge in [0.25, 0.3) is 0 Å². The molecule has 0 radical (unpaired) electrons. The number of ether oxygens (including phenoxy) is 2. The van der Waals surface area contributed by atoms with Crippen LogP contribution in [0, 0.1) is 29.1 Å². The van der Waals surface area contributed by atoms with Gasteiger partial charge in [-0.3, -0.25) is 10.2 Å². The molecule has 0 saturated heterocycles. The smallest absolute Gasteiger partial charge is 0.307 e. The highest BCUT2D eigenvalue weighted by Gasteiger charge is 2.22. The Hall–Kier alpha value is -2.12. The van der Waals surface area contributed by atoms with Crippen LogP contribution in [0.4, 0.5) is 0 Å². The van der Waals surface area contributed by atoms with E-state index in [1.54, 1.807) is 0 Å². The predicted octanol–water partition coefficient (Wildman–Crippen LogP) is 6.20. The van der Waals surface area contributed by atoms with Gasteiger partial charge in [-0.15, -0.1) is 0 Å². The van der Waals surface area contributed by atoms with Crippen LogP contribution in [0.5, 0.6) is 0 Å². The molecule has 1 aromatic rings. The molecule has 0 spiro atoms. The van der Waals surface area contributed by atoms with Crippen molar-refractivity contribution < 1.29 is 14.3 Å². The summed E-state index contributed by atoms with van der Waals surface area (Å²) in [6, 6.07) is 8.20. The van der Waals surface area contributed by atoms with E-state index in [1.807, 2.05) is 32.9 Å². The molecule has 1 unspecified atom stereocenters. The van der Waals surface area contributed by atoms with Crippen molar-refractivity contribution in [3.63, 3.8) is 0 Å². The molecule has 1 N–H and O–H groups in total. The van der Waals surface area contributed by atoms with E-state index >= 15 is 0 Å². The van der Waals surface area contributed by atoms with Crippen LogP contribution in [0.3, 0.4) is 0 Å². The highest BCUT2D eigenvalue weighted by Crippen LogP contribution is 2.17. The Balaban J connectivity index is 2.75. The first-order valence-corrected chi connectivity index (χ1v) is 11.6. The van der Waals surface area contributed by atoms with Crippen molar-refractivity contribution in [3.8, 4) is 11.8 Å². The number of hydrogen-bond acceptors (Lipinski definition) is 4. The average molecular weight is 428 g/mol. The maximum absolute atomic E-state index is 12.3. The Morgan fingerprint density at radius 1 is 1.10 bits per heavy atom. The molecule has 0 fully saturated rings. The SMILES string of the molecule is CCCCOCCCC(CC(=O)OC(C)(C)C)C(=N)C#Cc1ccc(CC(C)C)cc1. The van der Waals surface area contributed by atoms with E-state index in [0.717, 1.165) is 37.9 Å². The lowest BCUT2D eigenvalue weighted by Gasteiger charge is -2.21. The summed E-state index contributed by atoms with van der Waals surface area (Å²) < 4.78 is 11.1. The monoisotopic (exact) mass is 427 g/mol. The van der Waals surface area contributed by atoms with Gasteiger partial charge in [0.05, 0.1) is 12.1 Å². The minimum absolute atomic E-state index is 0.174. The maximum atomic E-state index is 12.3. The summed E-state index contributed by atoms with van der Waals surface area (Å²) in [5, 5.41) is 8.48. The third-order valence-corrected chi connectivity index (χ3v) is 4.66. The molecule has 0 aliphatic carbocycles. The van der Waals surface area contributed by atoms with E-state index in [0.29, 0.717) is 18.9 Å². The molecule has 1 atom stereocenters. The van der Waals surface area contributed by atoms with Gasteiger partial charge in [0.15, 0.2) is 0 Å². The summed E-state index contributed by atoms with van der Waals surface area (Å²) >= 11 is 0. The Bertz CT molecular complexity index is 732. The zero-order valence-electron chi connectivity index (χ0n) is 20.3. The van der Waals surface area contributed by atoms with E-state index in [4.69, 9.17) is 14.9 Å². The lowest BCUT2D eigenvalue weighted by Crippen LogP contribution is -2.27. The summed E-state index contributed by atoms with van der Waals surface area (Å²) in [5.41, 5.74) is 1.93. The number of unbranched alkanes of at least 4 members (excludes halogenated alkanes) is 1. The van der Waals surface area contributed by atoms with E-state index in [2.05, 4.69) is 44.7 Å². The molecular formula is C27H41NO3. The number of carbonyl (C=O) groups excluding carboxylic acids is 1. The summed E-state index contributed by atoms with van der Waals surface area (Å²) in [6.45, 7) is 13.5. The third-order valence-electron chi connectivity index (χ3n) is 4.66. The largest absolute Gasteiger partial charge is 0.460 e. The van der Waals surface area contributed by atoms with Crippen molar-refractivity contribution >= 4 is 11.7 Å². The number of nitrogens with one attached hydrogen (secondary N) is 1. The van der Waals surface area contributed by atoms with Crippen LogP contribution in [0.2, 0.25) is 0 Å². The molecule has 31 heavy (non-hydrogen) atoms. The van der Waals surface area contributed by atoms with Gasteiger partial charge in [-0.25, -0.2) is 0 Å². The first-order valence-electron chi connectivity index (χ1n) is 11.6. The van der Waals surface area contributed by atoms with E-state index in [-0.39, 0.29) is 24.0 Å². The summed E-state index contributed by atoms with van der Waals surface area (Å²) in [6.07, 6.45) is 4.87. The Kier molecular flexibility index (Phi) is 12.2. The average Bonchev–Trinajstić information content (AvgIpc) is 2.67. The van der Waals surface area contributed by atoms with Crippen LogP contribution < -0.4 is 0 Å². The zero-order valence-corrected chi connectivity index (χ0v) is 20.3. The molecule has 0 heterocycles. The van der Waals surface area contributed by atoms with E-state index in [9.17, 15) is 4.79 Å². The highest BCUT2D eigenvalue weighted by atomic mass is 16.6. The van der Waals surface area contributed by atoms with Gasteiger partial charge < -0.3 is 9.47 Å². The minimum Gasteiger partial charge on any atom is -0.460 e. The van der Waals surface area contributed by atoms with Crippen LogP contribution >= 0.6 is 0 Å². The number of rotatable bonds is 12. The summed E-state index contributed by atoms with van der Waals surface area (Å²) in [7, 11) is 0. The molecule has 1 aromatic carbocycles. The second-order valence-corrected chi connectivity index (χ2v) is 9.55. The van der Waals surface area contributed by atoms with Gasteiger partial charge in [-0.2, -0.15) is 0 Å². The number of benzene rings is 1. The molecule has 172 valence electrons. The predicted molar refractivity (Wildman–Crippen MR) is 129 cm³/mol. The van der Waals surface area contributed by atoms with Crippen molar-refractivity contribution in [2.75, 3.05) is 13.2 Å². The molecular weight excluding hydrogens is 386 g/mol. The first-order chi connectivity index (χ1) is 14.6. The van der Waals surface area contributed by atoms with Crippen LogP contribution in [0.15, 0.2) is 24.3 Å². The number of hydrogen-bond donors (Lipinski definition) is 1. The van der Waals surface area contributed by atoms with E-state index < -0.39 is 5.60 Å². The van der Waals surface area contributed by atoms with Gasteiger partial charge in [-0.05, 0) is 76.0 Å². The lowest BCUT2D eigenvalue weighted by atomic mass is 9.94. The fraction of sp³-hybridized carbons (Fsp3) is 0.630. The van der Waals surface area contributed by atoms with Gasteiger partial charge >= 0.3 is 5.97 Å². The second-order valence-electron chi connectivity index (χ2n) is 9.55. The van der Waals surface area contributed by atoms with Crippen molar-refractivity contribution in [3.05, 3.63) is 35.4 Å². The highest BCUT2D eigenvalue weighted by molar-refractivity contribution is 6.01.